The molecule has 130 valence electrons. The minimum atomic E-state index is -3.67. The summed E-state index contributed by atoms with van der Waals surface area (Å²) in [7, 11) is -3.67. The molecule has 2 N–H and O–H groups in total. The van der Waals surface area contributed by atoms with Crippen LogP contribution in [0.5, 0.6) is 0 Å². The number of aryl methyl sites for hydroxylation is 1. The van der Waals surface area contributed by atoms with Crippen LogP contribution in [0.3, 0.4) is 0 Å². The van der Waals surface area contributed by atoms with E-state index in [1.807, 2.05) is 6.92 Å². The lowest BCUT2D eigenvalue weighted by molar-refractivity contribution is 0.0942. The average molecular weight is 370 g/mol. The van der Waals surface area contributed by atoms with Crippen molar-refractivity contribution in [1.29, 1.82) is 0 Å². The van der Waals surface area contributed by atoms with E-state index >= 15 is 0 Å². The van der Waals surface area contributed by atoms with Crippen molar-refractivity contribution in [2.45, 2.75) is 11.8 Å². The van der Waals surface area contributed by atoms with Crippen molar-refractivity contribution in [2.75, 3.05) is 19.6 Å². The molecule has 0 spiro atoms. The number of hydrogen-bond donors (Lipinski definition) is 2. The molecule has 0 bridgehead atoms. The summed E-state index contributed by atoms with van der Waals surface area (Å²) in [5.74, 6) is 0.201. The van der Waals surface area contributed by atoms with Crippen LogP contribution in [0, 0.1) is 12.8 Å². The maximum absolute atomic E-state index is 12.5. The molecule has 1 aliphatic rings. The summed E-state index contributed by atoms with van der Waals surface area (Å²) >= 11 is 0. The van der Waals surface area contributed by atoms with Gasteiger partial charge in [-0.1, -0.05) is 17.7 Å². The van der Waals surface area contributed by atoms with Crippen molar-refractivity contribution in [3.8, 4) is 0 Å². The topological polar surface area (TPSA) is 80.2 Å². The molecule has 2 aromatic rings. The molecule has 1 aromatic carbocycles. The summed E-state index contributed by atoms with van der Waals surface area (Å²) in [6.07, 6.45) is 2.75. The van der Waals surface area contributed by atoms with Gasteiger partial charge < -0.3 is 10.6 Å². The quantitative estimate of drug-likeness (QED) is 0.835. The van der Waals surface area contributed by atoms with Crippen molar-refractivity contribution < 1.29 is 13.2 Å². The van der Waals surface area contributed by atoms with Crippen LogP contribution in [0.2, 0.25) is 0 Å². The maximum atomic E-state index is 12.5. The van der Waals surface area contributed by atoms with Gasteiger partial charge in [0.05, 0.1) is 10.5 Å². The highest BCUT2D eigenvalue weighted by atomic mass is 35.5. The Morgan fingerprint density at radius 2 is 1.92 bits per heavy atom. The Hall–Kier alpha value is -1.83. The first-order chi connectivity index (χ1) is 11.0. The molecule has 1 saturated heterocycles. The molecule has 0 unspecified atom stereocenters. The minimum absolute atomic E-state index is 0. The molecule has 8 heteroatoms. The van der Waals surface area contributed by atoms with Gasteiger partial charge in [-0.3, -0.25) is 4.79 Å². The molecule has 0 saturated carbocycles. The van der Waals surface area contributed by atoms with E-state index in [9.17, 15) is 13.2 Å². The lowest BCUT2D eigenvalue weighted by Gasteiger charge is -2.26. The molecular weight excluding hydrogens is 350 g/mol. The van der Waals surface area contributed by atoms with E-state index in [-0.39, 0.29) is 23.2 Å². The van der Waals surface area contributed by atoms with Gasteiger partial charge in [0, 0.05) is 37.9 Å². The maximum Gasteiger partial charge on any atom is 0.267 e. The monoisotopic (exact) mass is 369 g/mol. The fraction of sp³-hybridized carbons (Fsp3) is 0.312. The minimum Gasteiger partial charge on any atom is -0.352 e. The van der Waals surface area contributed by atoms with E-state index in [1.165, 1.54) is 18.5 Å². The summed E-state index contributed by atoms with van der Waals surface area (Å²) in [5, 5.41) is 5.96. The largest absolute Gasteiger partial charge is 0.352 e. The molecule has 1 aliphatic heterocycles. The molecule has 2 heterocycles. The molecule has 0 aliphatic carbocycles. The van der Waals surface area contributed by atoms with Crippen LogP contribution >= 0.6 is 12.4 Å². The summed E-state index contributed by atoms with van der Waals surface area (Å²) in [6.45, 7) is 4.31. The van der Waals surface area contributed by atoms with Gasteiger partial charge in [-0.15, -0.1) is 12.4 Å². The number of carbonyl (C=O) groups excluding carboxylic acids is 1. The molecule has 1 amide bonds. The Balaban J connectivity index is 0.00000208. The van der Waals surface area contributed by atoms with E-state index in [2.05, 4.69) is 10.6 Å². The van der Waals surface area contributed by atoms with Gasteiger partial charge in [-0.25, -0.2) is 12.4 Å². The van der Waals surface area contributed by atoms with Gasteiger partial charge in [0.25, 0.3) is 15.9 Å². The molecule has 1 aromatic heterocycles. The number of amides is 1. The van der Waals surface area contributed by atoms with Crippen molar-refractivity contribution in [1.82, 2.24) is 14.6 Å². The summed E-state index contributed by atoms with van der Waals surface area (Å²) in [6, 6.07) is 8.13. The van der Waals surface area contributed by atoms with E-state index in [0.717, 1.165) is 22.6 Å². The van der Waals surface area contributed by atoms with Gasteiger partial charge in [-0.2, -0.15) is 0 Å². The number of carbonyl (C=O) groups is 1. The lowest BCUT2D eigenvalue weighted by atomic mass is 10.0. The SMILES string of the molecule is Cc1ccc(S(=O)(=O)n2ccc(C(=O)NCC3CNC3)c2)cc1.Cl. The Labute approximate surface area is 147 Å². The highest BCUT2D eigenvalue weighted by Crippen LogP contribution is 2.16. The number of halogens is 1. The Morgan fingerprint density at radius 3 is 2.50 bits per heavy atom. The van der Waals surface area contributed by atoms with Crippen LogP contribution in [0.25, 0.3) is 0 Å². The van der Waals surface area contributed by atoms with E-state index < -0.39 is 10.0 Å². The summed E-state index contributed by atoms with van der Waals surface area (Å²) in [5.41, 5.74) is 1.33. The lowest BCUT2D eigenvalue weighted by Crippen LogP contribution is -2.48. The highest BCUT2D eigenvalue weighted by Gasteiger charge is 2.20. The van der Waals surface area contributed by atoms with Gasteiger partial charge in [0.1, 0.15) is 0 Å². The number of nitrogens with zero attached hydrogens (tertiary/aromatic N) is 1. The van der Waals surface area contributed by atoms with Crippen LogP contribution in [0.1, 0.15) is 15.9 Å². The van der Waals surface area contributed by atoms with Crippen LogP contribution in [0.15, 0.2) is 47.6 Å². The Bertz CT molecular complexity index is 811. The predicted octanol–water partition coefficient (Wildman–Crippen LogP) is 1.40. The second kappa shape index (κ2) is 7.38. The number of hydrogen-bond acceptors (Lipinski definition) is 4. The highest BCUT2D eigenvalue weighted by molar-refractivity contribution is 7.90. The third-order valence-corrected chi connectivity index (χ3v) is 5.59. The van der Waals surface area contributed by atoms with Gasteiger partial charge in [0.15, 0.2) is 0 Å². The van der Waals surface area contributed by atoms with Crippen molar-refractivity contribution in [3.63, 3.8) is 0 Å². The van der Waals surface area contributed by atoms with Gasteiger partial charge in [-0.05, 0) is 25.1 Å². The Morgan fingerprint density at radius 1 is 1.25 bits per heavy atom. The van der Waals surface area contributed by atoms with E-state index in [1.54, 1.807) is 24.3 Å². The third kappa shape index (κ3) is 3.80. The summed E-state index contributed by atoms with van der Waals surface area (Å²) < 4.78 is 26.1. The summed E-state index contributed by atoms with van der Waals surface area (Å²) in [4.78, 5) is 12.3. The molecule has 6 nitrogen and oxygen atoms in total. The van der Waals surface area contributed by atoms with Gasteiger partial charge >= 0.3 is 0 Å². The number of nitrogens with one attached hydrogen (secondary N) is 2. The fourth-order valence-corrected chi connectivity index (χ4v) is 3.52. The fourth-order valence-electron chi connectivity index (χ4n) is 2.32. The smallest absolute Gasteiger partial charge is 0.267 e. The molecular formula is C16H20ClN3O3S. The zero-order chi connectivity index (χ0) is 16.4. The first kappa shape index (κ1) is 18.5. The molecule has 1 fully saturated rings. The molecule has 0 radical (unpaired) electrons. The number of rotatable bonds is 5. The van der Waals surface area contributed by atoms with Crippen LogP contribution in [0.4, 0.5) is 0 Å². The molecule has 0 atom stereocenters. The first-order valence-corrected chi connectivity index (χ1v) is 8.90. The van der Waals surface area contributed by atoms with Crippen molar-refractivity contribution >= 4 is 28.3 Å². The Kier molecular flexibility index (Phi) is 5.69. The van der Waals surface area contributed by atoms with Crippen LogP contribution in [-0.2, 0) is 10.0 Å². The van der Waals surface area contributed by atoms with Crippen molar-refractivity contribution in [3.05, 3.63) is 53.9 Å². The predicted molar refractivity (Wildman–Crippen MR) is 94.1 cm³/mol. The zero-order valence-corrected chi connectivity index (χ0v) is 14.9. The standard InChI is InChI=1S/C16H19N3O3S.ClH/c1-12-2-4-15(5-3-12)23(21,22)19-7-6-14(11-19)16(20)18-10-13-8-17-9-13;/h2-7,11,13,17H,8-10H2,1H3,(H,18,20);1H. The molecule has 3 rings (SSSR count). The number of aromatic nitrogens is 1. The third-order valence-electron chi connectivity index (χ3n) is 3.94. The second-order valence-corrected chi connectivity index (χ2v) is 7.63. The molecule has 24 heavy (non-hydrogen) atoms. The van der Waals surface area contributed by atoms with Crippen molar-refractivity contribution in [2.24, 2.45) is 5.92 Å². The van der Waals surface area contributed by atoms with Crippen LogP contribution in [-0.4, -0.2) is 37.9 Å². The van der Waals surface area contributed by atoms with E-state index in [4.69, 9.17) is 0 Å². The normalized spacial score (nSPS) is 14.5. The number of benzene rings is 1. The van der Waals surface area contributed by atoms with Gasteiger partial charge in [0.2, 0.25) is 0 Å². The van der Waals surface area contributed by atoms with E-state index in [0.29, 0.717) is 18.0 Å². The zero-order valence-electron chi connectivity index (χ0n) is 13.2. The van der Waals surface area contributed by atoms with Crippen LogP contribution < -0.4 is 10.6 Å². The average Bonchev–Trinajstić information content (AvgIpc) is 2.96. The first-order valence-electron chi connectivity index (χ1n) is 7.46. The second-order valence-electron chi connectivity index (χ2n) is 5.78.